The van der Waals surface area contributed by atoms with Crippen LogP contribution in [0, 0.1) is 0 Å². The number of nitrogens with one attached hydrogen (secondary N) is 1. The number of benzene rings is 3. The Hall–Kier alpha value is -3.68. The minimum absolute atomic E-state index is 0.147. The van der Waals surface area contributed by atoms with Crippen LogP contribution in [-0.4, -0.2) is 26.7 Å². The average molecular weight is 464 g/mol. The van der Waals surface area contributed by atoms with Gasteiger partial charge in [0, 0.05) is 5.39 Å². The maximum atomic E-state index is 14.0. The van der Waals surface area contributed by atoms with Crippen molar-refractivity contribution in [3.8, 4) is 0 Å². The number of nitrogens with zero attached hydrogens (tertiary/aromatic N) is 1. The lowest BCUT2D eigenvalue weighted by Crippen LogP contribution is -2.09. The van der Waals surface area contributed by atoms with Gasteiger partial charge in [0.25, 0.3) is 0 Å². The summed E-state index contributed by atoms with van der Waals surface area (Å²) in [6.07, 6.45) is -2.23. The molecule has 0 saturated carbocycles. The Morgan fingerprint density at radius 3 is 2.35 bits per heavy atom. The lowest BCUT2D eigenvalue weighted by Gasteiger charge is -2.19. The summed E-state index contributed by atoms with van der Waals surface area (Å²) in [5, 5.41) is 25.9. The zero-order valence-electron chi connectivity index (χ0n) is 18.3. The van der Waals surface area contributed by atoms with E-state index in [9.17, 15) is 13.2 Å². The molecular formula is C27H23F3N2O2. The minimum Gasteiger partial charge on any atom is -0.365 e. The van der Waals surface area contributed by atoms with Crippen molar-refractivity contribution in [3.05, 3.63) is 107 Å². The molecule has 4 rings (SSSR count). The number of rotatable bonds is 6. The Bertz CT molecular complexity index is 1350. The van der Waals surface area contributed by atoms with E-state index in [-0.39, 0.29) is 5.56 Å². The maximum Gasteiger partial charge on any atom is 0.417 e. The molecule has 1 heterocycles. The van der Waals surface area contributed by atoms with E-state index in [2.05, 4.69) is 10.2 Å². The number of aliphatic hydroxyl groups excluding tert-OH is 1. The fourth-order valence-corrected chi connectivity index (χ4v) is 4.07. The van der Waals surface area contributed by atoms with Gasteiger partial charge < -0.3 is 10.2 Å². The summed E-state index contributed by atoms with van der Waals surface area (Å²) in [7, 11) is 0. The van der Waals surface area contributed by atoms with Crippen molar-refractivity contribution in [3.63, 3.8) is 0 Å². The third kappa shape index (κ3) is 4.95. The highest BCUT2D eigenvalue weighted by atomic mass is 19.4. The molecule has 0 spiro atoms. The van der Waals surface area contributed by atoms with Gasteiger partial charge in [-0.2, -0.15) is 18.3 Å². The lowest BCUT2D eigenvalue weighted by atomic mass is 9.86. The molecule has 4 aromatic rings. The molecule has 7 heteroatoms. The number of halogens is 3. The summed E-state index contributed by atoms with van der Waals surface area (Å²) >= 11 is 0. The standard InChI is InChI=1S/C27H23F3N2O2/c1-2-22(17-6-4-3-5-7-17)26(19-10-12-24-21(14-19)16-31-32-24)20-9-8-18(11-13-25(33)34)23(15-20)27(28,29)30/h3-16,25,33-34H,2H2,1H3,(H,31,32)/b13-11+,26-22-. The van der Waals surface area contributed by atoms with Gasteiger partial charge in [0.1, 0.15) is 0 Å². The van der Waals surface area contributed by atoms with Crippen LogP contribution in [0.25, 0.3) is 28.1 Å². The molecule has 174 valence electrons. The molecule has 34 heavy (non-hydrogen) atoms. The van der Waals surface area contributed by atoms with Gasteiger partial charge in [-0.15, -0.1) is 0 Å². The minimum atomic E-state index is -4.63. The Morgan fingerprint density at radius 2 is 1.68 bits per heavy atom. The van der Waals surface area contributed by atoms with Crippen LogP contribution >= 0.6 is 0 Å². The van der Waals surface area contributed by atoms with Gasteiger partial charge in [-0.1, -0.05) is 61.5 Å². The highest BCUT2D eigenvalue weighted by Gasteiger charge is 2.33. The SMILES string of the molecule is CC/C(=C(/c1ccc(/C=C/C(O)O)c(C(F)(F)F)c1)c1ccc2[nH]ncc2c1)c1ccccc1. The summed E-state index contributed by atoms with van der Waals surface area (Å²) in [5.41, 5.74) is 3.55. The maximum absolute atomic E-state index is 14.0. The highest BCUT2D eigenvalue weighted by Crippen LogP contribution is 2.39. The van der Waals surface area contributed by atoms with Crippen molar-refractivity contribution < 1.29 is 23.4 Å². The number of hydrogen-bond donors (Lipinski definition) is 3. The number of alkyl halides is 3. The number of fused-ring (bicyclic) bond motifs is 1. The molecule has 0 amide bonds. The predicted octanol–water partition coefficient (Wildman–Crippen LogP) is 6.27. The van der Waals surface area contributed by atoms with Crippen LogP contribution in [0.4, 0.5) is 13.2 Å². The van der Waals surface area contributed by atoms with Crippen LogP contribution < -0.4 is 0 Å². The van der Waals surface area contributed by atoms with E-state index in [1.807, 2.05) is 55.5 Å². The molecule has 3 N–H and O–H groups in total. The van der Waals surface area contributed by atoms with Crippen molar-refractivity contribution in [2.45, 2.75) is 25.8 Å². The number of aromatic amines is 1. The van der Waals surface area contributed by atoms with E-state index in [1.54, 1.807) is 12.3 Å². The van der Waals surface area contributed by atoms with Gasteiger partial charge in [-0.25, -0.2) is 0 Å². The molecule has 0 aliphatic carbocycles. The predicted molar refractivity (Wildman–Crippen MR) is 127 cm³/mol. The van der Waals surface area contributed by atoms with E-state index < -0.39 is 18.0 Å². The molecule has 0 atom stereocenters. The quantitative estimate of drug-likeness (QED) is 0.233. The summed E-state index contributed by atoms with van der Waals surface area (Å²) in [5.74, 6) is 0. The largest absolute Gasteiger partial charge is 0.417 e. The molecule has 0 fully saturated rings. The number of aromatic nitrogens is 2. The molecular weight excluding hydrogens is 441 g/mol. The Morgan fingerprint density at radius 1 is 0.971 bits per heavy atom. The zero-order valence-corrected chi connectivity index (χ0v) is 18.3. The molecule has 0 unspecified atom stereocenters. The Kier molecular flexibility index (Phi) is 6.68. The summed E-state index contributed by atoms with van der Waals surface area (Å²) in [6.45, 7) is 1.98. The normalized spacial score (nSPS) is 13.1. The smallest absolute Gasteiger partial charge is 0.365 e. The monoisotopic (exact) mass is 464 g/mol. The van der Waals surface area contributed by atoms with Gasteiger partial charge in [0.15, 0.2) is 6.29 Å². The highest BCUT2D eigenvalue weighted by molar-refractivity contribution is 6.00. The van der Waals surface area contributed by atoms with Crippen molar-refractivity contribution in [1.29, 1.82) is 0 Å². The Labute approximate surface area is 194 Å². The van der Waals surface area contributed by atoms with Gasteiger partial charge >= 0.3 is 6.18 Å². The topological polar surface area (TPSA) is 69.1 Å². The zero-order chi connectivity index (χ0) is 24.3. The molecule has 0 aliphatic rings. The van der Waals surface area contributed by atoms with Crippen LogP contribution in [0.15, 0.2) is 79.0 Å². The van der Waals surface area contributed by atoms with Crippen LogP contribution in [0.1, 0.15) is 41.2 Å². The van der Waals surface area contributed by atoms with E-state index in [0.717, 1.165) is 45.8 Å². The third-order valence-corrected chi connectivity index (χ3v) is 5.60. The first kappa shape index (κ1) is 23.5. The first-order valence-electron chi connectivity index (χ1n) is 10.8. The second-order valence-electron chi connectivity index (χ2n) is 7.82. The van der Waals surface area contributed by atoms with Gasteiger partial charge in [-0.3, -0.25) is 5.10 Å². The summed E-state index contributed by atoms with van der Waals surface area (Å²) < 4.78 is 42.0. The van der Waals surface area contributed by atoms with E-state index in [4.69, 9.17) is 10.2 Å². The molecule has 4 nitrogen and oxygen atoms in total. The summed E-state index contributed by atoms with van der Waals surface area (Å²) in [6, 6.07) is 19.3. The fraction of sp³-hybridized carbons (Fsp3) is 0.148. The average Bonchev–Trinajstić information content (AvgIpc) is 3.29. The first-order chi connectivity index (χ1) is 16.3. The fourth-order valence-electron chi connectivity index (χ4n) is 4.07. The van der Waals surface area contributed by atoms with Crippen molar-refractivity contribution in [2.24, 2.45) is 0 Å². The Balaban J connectivity index is 2.00. The molecule has 1 aromatic heterocycles. The lowest BCUT2D eigenvalue weighted by molar-refractivity contribution is -0.137. The number of H-pyrrole nitrogens is 1. The second kappa shape index (κ2) is 9.67. The summed E-state index contributed by atoms with van der Waals surface area (Å²) in [4.78, 5) is 0. The number of aliphatic hydroxyl groups is 2. The van der Waals surface area contributed by atoms with Crippen LogP contribution in [-0.2, 0) is 6.18 Å². The molecule has 0 saturated heterocycles. The number of allylic oxidation sites excluding steroid dienone is 1. The molecule has 3 aromatic carbocycles. The van der Waals surface area contributed by atoms with E-state index in [1.165, 1.54) is 6.07 Å². The van der Waals surface area contributed by atoms with Gasteiger partial charge in [-0.05, 0) is 64.1 Å². The molecule has 0 radical (unpaired) electrons. The third-order valence-electron chi connectivity index (χ3n) is 5.60. The first-order valence-corrected chi connectivity index (χ1v) is 10.8. The van der Waals surface area contributed by atoms with E-state index in [0.29, 0.717) is 17.6 Å². The second-order valence-corrected chi connectivity index (χ2v) is 7.82. The van der Waals surface area contributed by atoms with Crippen molar-refractivity contribution in [1.82, 2.24) is 10.2 Å². The van der Waals surface area contributed by atoms with Crippen LogP contribution in [0.3, 0.4) is 0 Å². The van der Waals surface area contributed by atoms with Crippen molar-refractivity contribution in [2.75, 3.05) is 0 Å². The molecule has 0 aliphatic heterocycles. The van der Waals surface area contributed by atoms with Crippen LogP contribution in [0.5, 0.6) is 0 Å². The molecule has 0 bridgehead atoms. The number of hydrogen-bond acceptors (Lipinski definition) is 3. The van der Waals surface area contributed by atoms with Gasteiger partial charge in [0.2, 0.25) is 0 Å². The van der Waals surface area contributed by atoms with Gasteiger partial charge in [0.05, 0.1) is 17.3 Å². The van der Waals surface area contributed by atoms with E-state index >= 15 is 0 Å². The van der Waals surface area contributed by atoms with Crippen molar-refractivity contribution >= 4 is 28.1 Å². The van der Waals surface area contributed by atoms with Crippen LogP contribution in [0.2, 0.25) is 0 Å².